The van der Waals surface area contributed by atoms with Crippen LogP contribution in [0.4, 0.5) is 4.39 Å². The molecular formula is C16H19FN2O2. The highest BCUT2D eigenvalue weighted by Gasteiger charge is 2.34. The highest BCUT2D eigenvalue weighted by molar-refractivity contribution is 5.83. The zero-order valence-electron chi connectivity index (χ0n) is 11.8. The molecule has 0 aromatic heterocycles. The number of carbonyl (C=O) groups is 2. The Bertz CT molecular complexity index is 544. The fraction of sp³-hybridized carbons (Fsp3) is 0.500. The normalized spacial score (nSPS) is 25.2. The van der Waals surface area contributed by atoms with Gasteiger partial charge in [0.05, 0.1) is 12.3 Å². The number of fused-ring (bicyclic) bond motifs is 3. The van der Waals surface area contributed by atoms with Crippen molar-refractivity contribution in [2.75, 3.05) is 13.1 Å². The molecule has 2 aliphatic heterocycles. The highest BCUT2D eigenvalue weighted by atomic mass is 19.1. The highest BCUT2D eigenvalue weighted by Crippen LogP contribution is 2.22. The Hall–Kier alpha value is -1.91. The van der Waals surface area contributed by atoms with Crippen molar-refractivity contribution in [2.45, 2.75) is 31.7 Å². The van der Waals surface area contributed by atoms with E-state index in [1.165, 1.54) is 12.1 Å². The van der Waals surface area contributed by atoms with Crippen molar-refractivity contribution in [1.82, 2.24) is 10.2 Å². The number of benzene rings is 1. The molecule has 2 aliphatic rings. The molecule has 1 aromatic rings. The zero-order chi connectivity index (χ0) is 14.8. The van der Waals surface area contributed by atoms with Crippen LogP contribution in [0, 0.1) is 11.7 Å². The van der Waals surface area contributed by atoms with Crippen LogP contribution in [0.1, 0.15) is 24.8 Å². The molecule has 0 aliphatic carbocycles. The summed E-state index contributed by atoms with van der Waals surface area (Å²) in [7, 11) is 0. The van der Waals surface area contributed by atoms with Crippen LogP contribution in [0.5, 0.6) is 0 Å². The van der Waals surface area contributed by atoms with Crippen LogP contribution in [0.25, 0.3) is 0 Å². The molecule has 2 atom stereocenters. The average Bonchev–Trinajstić information content (AvgIpc) is 2.69. The van der Waals surface area contributed by atoms with E-state index in [1.54, 1.807) is 17.0 Å². The second kappa shape index (κ2) is 5.84. The molecule has 2 heterocycles. The maximum Gasteiger partial charge on any atom is 0.227 e. The Balaban J connectivity index is 1.69. The Kier molecular flexibility index (Phi) is 3.90. The summed E-state index contributed by atoms with van der Waals surface area (Å²) in [5.41, 5.74) is 0.801. The number of rotatable bonds is 2. The molecule has 2 amide bonds. The van der Waals surface area contributed by atoms with Crippen molar-refractivity contribution in [3.63, 3.8) is 0 Å². The number of hydrogen-bond acceptors (Lipinski definition) is 2. The van der Waals surface area contributed by atoms with Gasteiger partial charge in [0, 0.05) is 19.1 Å². The maximum absolute atomic E-state index is 12.9. The van der Waals surface area contributed by atoms with E-state index in [0.29, 0.717) is 13.1 Å². The Morgan fingerprint density at radius 3 is 2.76 bits per heavy atom. The standard InChI is InChI=1S/C16H19FN2O2/c17-13-6-4-11(5-7-13)8-15(20)19-9-12-2-1-3-14(10-19)18-16(12)21/h4-7,12,14H,1-3,8-10H2,(H,18,21)/t12-,14+/m1/s1. The predicted molar refractivity (Wildman–Crippen MR) is 76.0 cm³/mol. The summed E-state index contributed by atoms with van der Waals surface area (Å²) in [6, 6.07) is 6.07. The maximum atomic E-state index is 12.9. The van der Waals surface area contributed by atoms with Gasteiger partial charge >= 0.3 is 0 Å². The fourth-order valence-corrected chi connectivity index (χ4v) is 3.14. The molecule has 21 heavy (non-hydrogen) atoms. The smallest absolute Gasteiger partial charge is 0.227 e. The van der Waals surface area contributed by atoms with Crippen molar-refractivity contribution in [3.05, 3.63) is 35.6 Å². The number of carbonyl (C=O) groups excluding carboxylic acids is 2. The Morgan fingerprint density at radius 2 is 2.00 bits per heavy atom. The van der Waals surface area contributed by atoms with Crippen LogP contribution < -0.4 is 5.32 Å². The number of amides is 2. The first-order chi connectivity index (χ1) is 10.1. The molecule has 1 N–H and O–H groups in total. The number of nitrogens with one attached hydrogen (secondary N) is 1. The van der Waals surface area contributed by atoms with Crippen LogP contribution in [0.2, 0.25) is 0 Å². The first-order valence-electron chi connectivity index (χ1n) is 7.44. The zero-order valence-corrected chi connectivity index (χ0v) is 11.8. The van der Waals surface area contributed by atoms with E-state index >= 15 is 0 Å². The molecule has 2 fully saturated rings. The summed E-state index contributed by atoms with van der Waals surface area (Å²) < 4.78 is 12.9. The Labute approximate surface area is 123 Å². The summed E-state index contributed by atoms with van der Waals surface area (Å²) >= 11 is 0. The first-order valence-corrected chi connectivity index (χ1v) is 7.44. The van der Waals surface area contributed by atoms with Gasteiger partial charge in [-0.1, -0.05) is 18.6 Å². The van der Waals surface area contributed by atoms with E-state index < -0.39 is 0 Å². The molecule has 1 aromatic carbocycles. The number of nitrogens with zero attached hydrogens (tertiary/aromatic N) is 1. The van der Waals surface area contributed by atoms with Crippen molar-refractivity contribution in [2.24, 2.45) is 5.92 Å². The van der Waals surface area contributed by atoms with E-state index in [9.17, 15) is 14.0 Å². The second-order valence-corrected chi connectivity index (χ2v) is 5.94. The molecule has 0 radical (unpaired) electrons. The number of hydrogen-bond donors (Lipinski definition) is 1. The minimum absolute atomic E-state index is 0.00927. The van der Waals surface area contributed by atoms with Gasteiger partial charge in [-0.3, -0.25) is 9.59 Å². The topological polar surface area (TPSA) is 49.4 Å². The van der Waals surface area contributed by atoms with Gasteiger partial charge in [0.1, 0.15) is 5.82 Å². The van der Waals surface area contributed by atoms with E-state index in [0.717, 1.165) is 24.8 Å². The van der Waals surface area contributed by atoms with Gasteiger partial charge in [-0.15, -0.1) is 0 Å². The van der Waals surface area contributed by atoms with Gasteiger partial charge in [0.25, 0.3) is 0 Å². The first kappa shape index (κ1) is 14.0. The quantitative estimate of drug-likeness (QED) is 0.897. The van der Waals surface area contributed by atoms with E-state index in [2.05, 4.69) is 5.32 Å². The van der Waals surface area contributed by atoms with Crippen LogP contribution >= 0.6 is 0 Å². The van der Waals surface area contributed by atoms with E-state index in [1.807, 2.05) is 0 Å². The Morgan fingerprint density at radius 1 is 1.24 bits per heavy atom. The summed E-state index contributed by atoms with van der Waals surface area (Å²) in [6.07, 6.45) is 3.08. The molecule has 0 spiro atoms. The third-order valence-corrected chi connectivity index (χ3v) is 4.33. The van der Waals surface area contributed by atoms with Crippen molar-refractivity contribution in [1.29, 1.82) is 0 Å². The fourth-order valence-electron chi connectivity index (χ4n) is 3.14. The average molecular weight is 290 g/mol. The van der Waals surface area contributed by atoms with Gasteiger partial charge in [-0.05, 0) is 30.5 Å². The molecule has 0 saturated carbocycles. The predicted octanol–water partition coefficient (Wildman–Crippen LogP) is 1.50. The van der Waals surface area contributed by atoms with Crippen LogP contribution in [-0.2, 0) is 16.0 Å². The van der Waals surface area contributed by atoms with E-state index in [-0.39, 0.29) is 36.0 Å². The lowest BCUT2D eigenvalue weighted by molar-refractivity contribution is -0.131. The monoisotopic (exact) mass is 290 g/mol. The minimum Gasteiger partial charge on any atom is -0.351 e. The van der Waals surface area contributed by atoms with Crippen LogP contribution in [0.15, 0.2) is 24.3 Å². The second-order valence-electron chi connectivity index (χ2n) is 5.94. The van der Waals surface area contributed by atoms with Gasteiger partial charge in [0.15, 0.2) is 0 Å². The van der Waals surface area contributed by atoms with Gasteiger partial charge in [0.2, 0.25) is 11.8 Å². The summed E-state index contributed by atoms with van der Waals surface area (Å²) in [4.78, 5) is 26.2. The number of halogens is 1. The molecule has 112 valence electrons. The summed E-state index contributed by atoms with van der Waals surface area (Å²) in [5.74, 6) is -0.301. The van der Waals surface area contributed by atoms with E-state index in [4.69, 9.17) is 0 Å². The van der Waals surface area contributed by atoms with Crippen molar-refractivity contribution < 1.29 is 14.0 Å². The summed E-state index contributed by atoms with van der Waals surface area (Å²) in [6.45, 7) is 1.09. The van der Waals surface area contributed by atoms with Gasteiger partial charge in [-0.2, -0.15) is 0 Å². The van der Waals surface area contributed by atoms with Gasteiger partial charge in [-0.25, -0.2) is 4.39 Å². The third kappa shape index (κ3) is 3.23. The SMILES string of the molecule is O=C1N[C@H]2CCC[C@@H]1CN(C(=O)Cc1ccc(F)cc1)C2. The molecule has 4 nitrogen and oxygen atoms in total. The molecule has 3 rings (SSSR count). The molecular weight excluding hydrogens is 271 g/mol. The van der Waals surface area contributed by atoms with Crippen molar-refractivity contribution in [3.8, 4) is 0 Å². The molecule has 2 saturated heterocycles. The van der Waals surface area contributed by atoms with Crippen molar-refractivity contribution >= 4 is 11.8 Å². The summed E-state index contributed by atoms with van der Waals surface area (Å²) in [5, 5.41) is 3.01. The third-order valence-electron chi connectivity index (χ3n) is 4.33. The molecule has 0 unspecified atom stereocenters. The van der Waals surface area contributed by atoms with Gasteiger partial charge < -0.3 is 10.2 Å². The molecule has 2 bridgehead atoms. The number of likely N-dealkylation sites (tertiary alicyclic amines) is 1. The largest absolute Gasteiger partial charge is 0.351 e. The lowest BCUT2D eigenvalue weighted by atomic mass is 9.99. The molecule has 5 heteroatoms. The van der Waals surface area contributed by atoms with Crippen LogP contribution in [-0.4, -0.2) is 35.8 Å². The lowest BCUT2D eigenvalue weighted by Gasteiger charge is -2.27. The lowest BCUT2D eigenvalue weighted by Crippen LogP contribution is -2.42. The minimum atomic E-state index is -0.301. The van der Waals surface area contributed by atoms with Crippen LogP contribution in [0.3, 0.4) is 0 Å².